The van der Waals surface area contributed by atoms with Crippen LogP contribution in [0.3, 0.4) is 0 Å². The molecule has 0 aromatic carbocycles. The van der Waals surface area contributed by atoms with Crippen LogP contribution < -0.4 is 5.32 Å². The topological polar surface area (TPSA) is 31.4 Å². The van der Waals surface area contributed by atoms with Crippen LogP contribution in [0.4, 0.5) is 5.82 Å². The summed E-state index contributed by atoms with van der Waals surface area (Å²) >= 11 is 0. The highest BCUT2D eigenvalue weighted by Crippen LogP contribution is 2.16. The number of hydrogen-bond acceptors (Lipinski definition) is 4. The van der Waals surface area contributed by atoms with Crippen molar-refractivity contribution in [3.05, 3.63) is 23.9 Å². The highest BCUT2D eigenvalue weighted by Gasteiger charge is 2.21. The molecule has 1 aliphatic rings. The van der Waals surface area contributed by atoms with Crippen molar-refractivity contribution in [3.8, 4) is 0 Å². The molecule has 100 valence electrons. The zero-order valence-corrected chi connectivity index (χ0v) is 11.7. The van der Waals surface area contributed by atoms with Gasteiger partial charge < -0.3 is 10.2 Å². The summed E-state index contributed by atoms with van der Waals surface area (Å²) in [6.45, 7) is 9.74. The maximum atomic E-state index is 4.42. The quantitative estimate of drug-likeness (QED) is 0.878. The van der Waals surface area contributed by atoms with E-state index < -0.39 is 0 Å². The molecule has 0 saturated carbocycles. The van der Waals surface area contributed by atoms with Crippen molar-refractivity contribution in [1.29, 1.82) is 0 Å². The van der Waals surface area contributed by atoms with Gasteiger partial charge in [-0.05, 0) is 27.0 Å². The largest absolute Gasteiger partial charge is 0.370 e. The first kappa shape index (κ1) is 13.3. The summed E-state index contributed by atoms with van der Waals surface area (Å²) in [6, 6.07) is 4.84. The molecule has 0 amide bonds. The van der Waals surface area contributed by atoms with E-state index >= 15 is 0 Å². The van der Waals surface area contributed by atoms with E-state index in [-0.39, 0.29) is 0 Å². The second-order valence-electron chi connectivity index (χ2n) is 5.11. The zero-order chi connectivity index (χ0) is 13.0. The number of pyridine rings is 1. The summed E-state index contributed by atoms with van der Waals surface area (Å²) in [5.41, 5.74) is 1.30. The lowest BCUT2D eigenvalue weighted by Gasteiger charge is -2.37. The summed E-state index contributed by atoms with van der Waals surface area (Å²) in [6.07, 6.45) is 1.86. The van der Waals surface area contributed by atoms with Crippen molar-refractivity contribution in [2.45, 2.75) is 26.4 Å². The van der Waals surface area contributed by atoms with E-state index in [1.807, 2.05) is 12.3 Å². The summed E-state index contributed by atoms with van der Waals surface area (Å²) in [7, 11) is 2.20. The van der Waals surface area contributed by atoms with E-state index in [4.69, 9.17) is 0 Å². The predicted molar refractivity (Wildman–Crippen MR) is 75.8 cm³/mol. The van der Waals surface area contributed by atoms with Gasteiger partial charge in [0, 0.05) is 50.5 Å². The molecule has 1 aromatic heterocycles. The third-order valence-corrected chi connectivity index (χ3v) is 3.67. The lowest BCUT2D eigenvalue weighted by atomic mass is 10.1. The Morgan fingerprint density at radius 2 is 2.28 bits per heavy atom. The van der Waals surface area contributed by atoms with E-state index in [1.165, 1.54) is 5.56 Å². The Hall–Kier alpha value is -1.13. The maximum Gasteiger partial charge on any atom is 0.130 e. The molecular formula is C14H24N4. The number of hydrogen-bond donors (Lipinski definition) is 1. The second kappa shape index (κ2) is 6.16. The molecule has 0 radical (unpaired) electrons. The minimum Gasteiger partial charge on any atom is -0.370 e. The first-order chi connectivity index (χ1) is 8.70. The Morgan fingerprint density at radius 1 is 1.44 bits per heavy atom. The lowest BCUT2D eigenvalue weighted by Crippen LogP contribution is -2.49. The molecule has 2 rings (SSSR count). The molecule has 0 spiro atoms. The van der Waals surface area contributed by atoms with Gasteiger partial charge in [0.15, 0.2) is 0 Å². The Kier molecular flexibility index (Phi) is 4.55. The zero-order valence-electron chi connectivity index (χ0n) is 11.7. The van der Waals surface area contributed by atoms with Crippen LogP contribution in [-0.2, 0) is 6.54 Å². The van der Waals surface area contributed by atoms with Crippen molar-refractivity contribution >= 4 is 5.82 Å². The number of nitrogens with one attached hydrogen (secondary N) is 1. The molecule has 2 heterocycles. The summed E-state index contributed by atoms with van der Waals surface area (Å²) < 4.78 is 0. The lowest BCUT2D eigenvalue weighted by molar-refractivity contribution is 0.100. The van der Waals surface area contributed by atoms with Crippen LogP contribution in [0.1, 0.15) is 19.4 Å². The van der Waals surface area contributed by atoms with Crippen LogP contribution in [0.15, 0.2) is 18.3 Å². The summed E-state index contributed by atoms with van der Waals surface area (Å²) in [5, 5.41) is 3.34. The van der Waals surface area contributed by atoms with Crippen LogP contribution in [0, 0.1) is 0 Å². The van der Waals surface area contributed by atoms with Crippen LogP contribution in [0.5, 0.6) is 0 Å². The van der Waals surface area contributed by atoms with Gasteiger partial charge >= 0.3 is 0 Å². The van der Waals surface area contributed by atoms with E-state index in [2.05, 4.69) is 47.1 Å². The number of piperazine rings is 1. The first-order valence-electron chi connectivity index (χ1n) is 6.81. The fraction of sp³-hybridized carbons (Fsp3) is 0.643. The molecule has 0 aliphatic carbocycles. The molecule has 4 nitrogen and oxygen atoms in total. The monoisotopic (exact) mass is 248 g/mol. The standard InChI is InChI=1S/C14H24N4/c1-4-15-14-13(6-5-7-16-14)11-18-9-8-17(3)12(2)10-18/h5-7,12H,4,8-11H2,1-3H3,(H,15,16). The van der Waals surface area contributed by atoms with Crippen molar-refractivity contribution < 1.29 is 0 Å². The van der Waals surface area contributed by atoms with E-state index in [0.29, 0.717) is 6.04 Å². The van der Waals surface area contributed by atoms with E-state index in [1.54, 1.807) is 0 Å². The first-order valence-corrected chi connectivity index (χ1v) is 6.81. The van der Waals surface area contributed by atoms with E-state index in [0.717, 1.165) is 38.5 Å². The fourth-order valence-corrected chi connectivity index (χ4v) is 2.40. The average molecular weight is 248 g/mol. The van der Waals surface area contributed by atoms with Gasteiger partial charge in [-0.15, -0.1) is 0 Å². The summed E-state index contributed by atoms with van der Waals surface area (Å²) in [4.78, 5) is 9.36. The van der Waals surface area contributed by atoms with E-state index in [9.17, 15) is 0 Å². The number of rotatable bonds is 4. The van der Waals surface area contributed by atoms with Crippen molar-refractivity contribution in [3.63, 3.8) is 0 Å². The summed E-state index contributed by atoms with van der Waals surface area (Å²) in [5.74, 6) is 1.03. The van der Waals surface area contributed by atoms with Gasteiger partial charge in [-0.25, -0.2) is 4.98 Å². The molecule has 1 saturated heterocycles. The minimum absolute atomic E-state index is 0.637. The Bertz CT molecular complexity index is 380. The van der Waals surface area contributed by atoms with Crippen LogP contribution in [0.25, 0.3) is 0 Å². The Labute approximate surface area is 110 Å². The molecule has 1 aliphatic heterocycles. The molecule has 1 N–H and O–H groups in total. The van der Waals surface area contributed by atoms with Crippen molar-refractivity contribution in [1.82, 2.24) is 14.8 Å². The Morgan fingerprint density at radius 3 is 3.00 bits per heavy atom. The van der Waals surface area contributed by atoms with Gasteiger partial charge in [0.25, 0.3) is 0 Å². The average Bonchev–Trinajstić information content (AvgIpc) is 2.37. The molecule has 1 aromatic rings. The smallest absolute Gasteiger partial charge is 0.130 e. The van der Waals surface area contributed by atoms with Crippen molar-refractivity contribution in [2.75, 3.05) is 38.5 Å². The number of nitrogens with zero attached hydrogens (tertiary/aromatic N) is 3. The predicted octanol–water partition coefficient (Wildman–Crippen LogP) is 1.65. The second-order valence-corrected chi connectivity index (χ2v) is 5.11. The maximum absolute atomic E-state index is 4.42. The highest BCUT2D eigenvalue weighted by molar-refractivity contribution is 5.43. The Balaban J connectivity index is 2.01. The molecule has 1 fully saturated rings. The number of aromatic nitrogens is 1. The van der Waals surface area contributed by atoms with Crippen LogP contribution >= 0.6 is 0 Å². The van der Waals surface area contributed by atoms with Crippen LogP contribution in [0.2, 0.25) is 0 Å². The van der Waals surface area contributed by atoms with Gasteiger partial charge in [-0.3, -0.25) is 4.90 Å². The minimum atomic E-state index is 0.637. The molecule has 0 bridgehead atoms. The van der Waals surface area contributed by atoms with Crippen molar-refractivity contribution in [2.24, 2.45) is 0 Å². The molecule has 1 atom stereocenters. The normalized spacial score (nSPS) is 22.1. The SMILES string of the molecule is CCNc1ncccc1CN1CCN(C)C(C)C1. The molecule has 4 heteroatoms. The fourth-order valence-electron chi connectivity index (χ4n) is 2.40. The number of likely N-dealkylation sites (N-methyl/N-ethyl adjacent to an activating group) is 1. The number of anilines is 1. The van der Waals surface area contributed by atoms with Gasteiger partial charge in [-0.2, -0.15) is 0 Å². The van der Waals surface area contributed by atoms with Gasteiger partial charge in [0.2, 0.25) is 0 Å². The highest BCUT2D eigenvalue weighted by atomic mass is 15.3. The molecule has 1 unspecified atom stereocenters. The third kappa shape index (κ3) is 3.21. The third-order valence-electron chi connectivity index (χ3n) is 3.67. The van der Waals surface area contributed by atoms with Crippen LogP contribution in [-0.4, -0.2) is 54.1 Å². The van der Waals surface area contributed by atoms with Gasteiger partial charge in [-0.1, -0.05) is 6.07 Å². The molecular weight excluding hydrogens is 224 g/mol. The molecule has 18 heavy (non-hydrogen) atoms. The van der Waals surface area contributed by atoms with Gasteiger partial charge in [0.1, 0.15) is 5.82 Å². The van der Waals surface area contributed by atoms with Gasteiger partial charge in [0.05, 0.1) is 0 Å².